The lowest BCUT2D eigenvalue weighted by atomic mass is 9.67. The van der Waals surface area contributed by atoms with Crippen molar-refractivity contribution < 1.29 is 38.9 Å². The maximum Gasteiger partial charge on any atom is 0.320 e. The second kappa shape index (κ2) is 8.01. The zero-order chi connectivity index (χ0) is 22.3. The van der Waals surface area contributed by atoms with Crippen molar-refractivity contribution in [3.8, 4) is 0 Å². The Morgan fingerprint density at radius 3 is 1.38 bits per heavy atom. The Labute approximate surface area is 174 Å². The monoisotopic (exact) mass is 428 g/mol. The van der Waals surface area contributed by atoms with Gasteiger partial charge in [-0.05, 0) is 41.5 Å². The number of hydrogen-bond donors (Lipinski definition) is 2. The standard InChI is InChI=1S/C20H28O8S/c1-9(15(21)22)17(25)27-19(3,4)13-11-7-8-12(29-11)14(13)20(5,6)28-18(26)10(2)16(23)24/h7-14H,1-6H3,(H,21,22)(H,23,24). The molecule has 2 aliphatic rings. The van der Waals surface area contributed by atoms with Crippen molar-refractivity contribution in [2.45, 2.75) is 63.2 Å². The molecular formula is C20H28O8S. The molecular weight excluding hydrogens is 400 g/mol. The highest BCUT2D eigenvalue weighted by atomic mass is 32.2. The number of rotatable bonds is 8. The molecule has 0 aromatic rings. The Hall–Kier alpha value is -2.03. The summed E-state index contributed by atoms with van der Waals surface area (Å²) >= 11 is 1.66. The minimum Gasteiger partial charge on any atom is -0.481 e. The van der Waals surface area contributed by atoms with Gasteiger partial charge >= 0.3 is 23.9 Å². The van der Waals surface area contributed by atoms with Gasteiger partial charge in [-0.25, -0.2) is 0 Å². The summed E-state index contributed by atoms with van der Waals surface area (Å²) < 4.78 is 11.2. The molecule has 0 radical (unpaired) electrons. The summed E-state index contributed by atoms with van der Waals surface area (Å²) in [5, 5.41) is 18.2. The van der Waals surface area contributed by atoms with Crippen LogP contribution in [-0.4, -0.2) is 55.8 Å². The normalized spacial score (nSPS) is 27.9. The molecule has 2 N–H and O–H groups in total. The quantitative estimate of drug-likeness (QED) is 0.340. The van der Waals surface area contributed by atoms with Gasteiger partial charge in [0.1, 0.15) is 11.2 Å². The highest BCUT2D eigenvalue weighted by Crippen LogP contribution is 2.57. The fraction of sp³-hybridized carbons (Fsp3) is 0.700. The molecule has 9 heteroatoms. The van der Waals surface area contributed by atoms with Crippen molar-refractivity contribution in [3.63, 3.8) is 0 Å². The van der Waals surface area contributed by atoms with E-state index >= 15 is 0 Å². The number of fused-ring (bicyclic) bond motifs is 2. The van der Waals surface area contributed by atoms with Crippen molar-refractivity contribution >= 4 is 35.6 Å². The summed E-state index contributed by atoms with van der Waals surface area (Å²) in [6, 6.07) is 0. The van der Waals surface area contributed by atoms with Gasteiger partial charge in [-0.1, -0.05) is 12.2 Å². The smallest absolute Gasteiger partial charge is 0.320 e. The van der Waals surface area contributed by atoms with E-state index < -0.39 is 46.9 Å². The maximum absolute atomic E-state index is 12.3. The molecule has 1 saturated heterocycles. The molecule has 8 nitrogen and oxygen atoms in total. The Morgan fingerprint density at radius 1 is 0.793 bits per heavy atom. The Kier molecular flexibility index (Phi) is 6.42. The Morgan fingerprint density at radius 2 is 1.10 bits per heavy atom. The number of carbonyl (C=O) groups excluding carboxylic acids is 2. The van der Waals surface area contributed by atoms with Crippen molar-refractivity contribution in [2.75, 3.05) is 0 Å². The minimum atomic E-state index is -1.29. The summed E-state index contributed by atoms with van der Waals surface area (Å²) in [5.74, 6) is -7.28. The lowest BCUT2D eigenvalue weighted by Crippen LogP contribution is -2.53. The molecule has 0 aromatic heterocycles. The number of carboxylic acid groups (broad SMARTS) is 2. The Bertz CT molecular complexity index is 681. The van der Waals surface area contributed by atoms with Crippen LogP contribution in [0.3, 0.4) is 0 Å². The zero-order valence-corrected chi connectivity index (χ0v) is 18.2. The predicted octanol–water partition coefficient (Wildman–Crippen LogP) is 2.36. The summed E-state index contributed by atoms with van der Waals surface area (Å²) in [6.45, 7) is 9.45. The van der Waals surface area contributed by atoms with E-state index in [9.17, 15) is 19.2 Å². The van der Waals surface area contributed by atoms with Gasteiger partial charge in [0.25, 0.3) is 0 Å². The first-order valence-electron chi connectivity index (χ1n) is 9.44. The van der Waals surface area contributed by atoms with E-state index in [1.54, 1.807) is 39.5 Å². The number of hydrogen-bond acceptors (Lipinski definition) is 7. The Balaban J connectivity index is 2.27. The highest BCUT2D eigenvalue weighted by Gasteiger charge is 2.59. The van der Waals surface area contributed by atoms with Gasteiger partial charge in [0.2, 0.25) is 0 Å². The molecule has 0 aliphatic carbocycles. The fourth-order valence-corrected chi connectivity index (χ4v) is 6.06. The van der Waals surface area contributed by atoms with Gasteiger partial charge in [0, 0.05) is 22.3 Å². The highest BCUT2D eigenvalue weighted by molar-refractivity contribution is 8.01. The molecule has 6 unspecified atom stereocenters. The molecule has 6 atom stereocenters. The number of esters is 2. The van der Waals surface area contributed by atoms with E-state index in [1.165, 1.54) is 13.8 Å². The van der Waals surface area contributed by atoms with E-state index in [0.29, 0.717) is 0 Å². The molecule has 0 spiro atoms. The van der Waals surface area contributed by atoms with Gasteiger partial charge in [0.15, 0.2) is 11.8 Å². The topological polar surface area (TPSA) is 127 Å². The van der Waals surface area contributed by atoms with Crippen LogP contribution >= 0.6 is 11.8 Å². The third-order valence-corrected chi connectivity index (χ3v) is 7.21. The molecule has 2 aliphatic heterocycles. The van der Waals surface area contributed by atoms with E-state index in [2.05, 4.69) is 0 Å². The fourth-order valence-electron chi connectivity index (χ4n) is 4.00. The van der Waals surface area contributed by atoms with E-state index in [-0.39, 0.29) is 22.3 Å². The van der Waals surface area contributed by atoms with Crippen molar-refractivity contribution in [3.05, 3.63) is 12.2 Å². The summed E-state index contributed by atoms with van der Waals surface area (Å²) in [4.78, 5) is 46.8. The second-order valence-electron chi connectivity index (χ2n) is 8.67. The molecule has 162 valence electrons. The van der Waals surface area contributed by atoms with Crippen LogP contribution in [0, 0.1) is 23.7 Å². The van der Waals surface area contributed by atoms with Gasteiger partial charge in [-0.15, -0.1) is 11.8 Å². The number of thioether (sulfide) groups is 1. The number of aliphatic carboxylic acids is 2. The van der Waals surface area contributed by atoms with Crippen molar-refractivity contribution in [1.29, 1.82) is 0 Å². The van der Waals surface area contributed by atoms with E-state index in [4.69, 9.17) is 19.7 Å². The second-order valence-corrected chi connectivity index (χ2v) is 10.0. The molecule has 0 amide bonds. The average molecular weight is 429 g/mol. The van der Waals surface area contributed by atoms with Crippen LogP contribution in [0.5, 0.6) is 0 Å². The average Bonchev–Trinajstić information content (AvgIpc) is 3.20. The SMILES string of the molecule is CC(C(=O)O)C(=O)OC(C)(C)C1C2C=CC(S2)C1C(C)(C)OC(=O)C(C)C(=O)O. The first kappa shape index (κ1) is 23.3. The van der Waals surface area contributed by atoms with Crippen LogP contribution in [0.4, 0.5) is 0 Å². The third kappa shape index (κ3) is 4.60. The maximum atomic E-state index is 12.3. The van der Waals surface area contributed by atoms with Crippen LogP contribution in [0.2, 0.25) is 0 Å². The summed E-state index contributed by atoms with van der Waals surface area (Å²) in [7, 11) is 0. The molecule has 1 fully saturated rings. The van der Waals surface area contributed by atoms with Crippen LogP contribution in [0.1, 0.15) is 41.5 Å². The predicted molar refractivity (Wildman–Crippen MR) is 105 cm³/mol. The number of carboxylic acids is 2. The molecule has 0 aromatic carbocycles. The van der Waals surface area contributed by atoms with Crippen LogP contribution in [-0.2, 0) is 28.7 Å². The first-order chi connectivity index (χ1) is 13.2. The zero-order valence-electron chi connectivity index (χ0n) is 17.4. The molecule has 29 heavy (non-hydrogen) atoms. The van der Waals surface area contributed by atoms with Crippen LogP contribution in [0.25, 0.3) is 0 Å². The molecule has 2 rings (SSSR count). The lowest BCUT2D eigenvalue weighted by molar-refractivity contribution is -0.186. The van der Waals surface area contributed by atoms with Crippen LogP contribution < -0.4 is 0 Å². The third-order valence-electron chi connectivity index (χ3n) is 5.68. The van der Waals surface area contributed by atoms with E-state index in [0.717, 1.165) is 0 Å². The van der Waals surface area contributed by atoms with Gasteiger partial charge in [-0.3, -0.25) is 19.2 Å². The summed E-state index contributed by atoms with van der Waals surface area (Å²) in [6.07, 6.45) is 4.04. The largest absolute Gasteiger partial charge is 0.481 e. The minimum absolute atomic E-state index is 0.00260. The van der Waals surface area contributed by atoms with Crippen LogP contribution in [0.15, 0.2) is 12.2 Å². The van der Waals surface area contributed by atoms with Gasteiger partial charge in [-0.2, -0.15) is 0 Å². The number of ether oxygens (including phenoxy) is 2. The lowest BCUT2D eigenvalue weighted by Gasteiger charge is -2.45. The molecule has 2 bridgehead atoms. The molecule has 2 heterocycles. The number of carbonyl (C=O) groups is 4. The van der Waals surface area contributed by atoms with Gasteiger partial charge < -0.3 is 19.7 Å². The molecule has 0 saturated carbocycles. The van der Waals surface area contributed by atoms with Gasteiger partial charge in [0.05, 0.1) is 0 Å². The van der Waals surface area contributed by atoms with Crippen molar-refractivity contribution in [2.24, 2.45) is 23.7 Å². The first-order valence-corrected chi connectivity index (χ1v) is 10.4. The van der Waals surface area contributed by atoms with E-state index in [1.807, 2.05) is 12.2 Å². The summed E-state index contributed by atoms with van der Waals surface area (Å²) in [5.41, 5.74) is -2.05. The van der Waals surface area contributed by atoms with Crippen molar-refractivity contribution in [1.82, 2.24) is 0 Å².